The molecule has 0 unspecified atom stereocenters. The van der Waals surface area contributed by atoms with Crippen LogP contribution < -0.4 is 5.32 Å². The van der Waals surface area contributed by atoms with Crippen LogP contribution >= 0.6 is 0 Å². The number of rotatable bonds is 2. The summed E-state index contributed by atoms with van der Waals surface area (Å²) in [7, 11) is 0. The molecule has 0 radical (unpaired) electrons. The van der Waals surface area contributed by atoms with Gasteiger partial charge in [0.2, 0.25) is 5.91 Å². The largest absolute Gasteiger partial charge is 0.375 e. The minimum absolute atomic E-state index is 0.240. The summed E-state index contributed by atoms with van der Waals surface area (Å²) in [4.78, 5) is 16.6. The summed E-state index contributed by atoms with van der Waals surface area (Å²) >= 11 is 0. The average Bonchev–Trinajstić information content (AvgIpc) is 2.39. The second kappa shape index (κ2) is 5.54. The van der Waals surface area contributed by atoms with Gasteiger partial charge in [0.05, 0.1) is 0 Å². The lowest BCUT2D eigenvalue weighted by atomic mass is 9.95. The van der Waals surface area contributed by atoms with Crippen LogP contribution in [0.15, 0.2) is 12.3 Å². The molecule has 2 heterocycles. The Morgan fingerprint density at radius 2 is 1.71 bits per heavy atom. The average molecular weight is 237 g/mol. The molecular weight excluding hydrogens is 214 g/mol. The highest BCUT2D eigenvalue weighted by atomic mass is 16.2. The molecule has 2 aliphatic rings. The first-order chi connectivity index (χ1) is 8.18. The van der Waals surface area contributed by atoms with E-state index in [-0.39, 0.29) is 5.92 Å². The zero-order valence-electron chi connectivity index (χ0n) is 10.7. The van der Waals surface area contributed by atoms with E-state index in [1.165, 1.54) is 0 Å². The fourth-order valence-corrected chi connectivity index (χ4v) is 2.65. The van der Waals surface area contributed by atoms with Crippen molar-refractivity contribution < 1.29 is 4.79 Å². The van der Waals surface area contributed by atoms with Gasteiger partial charge in [-0.1, -0.05) is 6.58 Å². The van der Waals surface area contributed by atoms with E-state index in [4.69, 9.17) is 0 Å². The SMILES string of the molecule is C=C(C)N1CCC(C(=O)N2CCNCC2)CC1. The van der Waals surface area contributed by atoms with Crippen molar-refractivity contribution in [2.24, 2.45) is 5.92 Å². The number of nitrogens with zero attached hydrogens (tertiary/aromatic N) is 2. The van der Waals surface area contributed by atoms with Crippen LogP contribution in [-0.4, -0.2) is 55.0 Å². The van der Waals surface area contributed by atoms with E-state index >= 15 is 0 Å². The molecule has 1 N–H and O–H groups in total. The first-order valence-corrected chi connectivity index (χ1v) is 6.58. The molecule has 0 saturated carbocycles. The fraction of sp³-hybridized carbons (Fsp3) is 0.769. The number of hydrogen-bond donors (Lipinski definition) is 1. The molecule has 2 saturated heterocycles. The lowest BCUT2D eigenvalue weighted by Gasteiger charge is -2.36. The maximum atomic E-state index is 12.3. The van der Waals surface area contributed by atoms with Crippen molar-refractivity contribution in [2.75, 3.05) is 39.3 Å². The Labute approximate surface area is 104 Å². The van der Waals surface area contributed by atoms with Crippen LogP contribution in [0.1, 0.15) is 19.8 Å². The molecule has 17 heavy (non-hydrogen) atoms. The highest BCUT2D eigenvalue weighted by molar-refractivity contribution is 5.79. The van der Waals surface area contributed by atoms with Gasteiger partial charge < -0.3 is 15.1 Å². The molecule has 0 aromatic heterocycles. The van der Waals surface area contributed by atoms with Crippen molar-refractivity contribution in [1.29, 1.82) is 0 Å². The highest BCUT2D eigenvalue weighted by Gasteiger charge is 2.28. The summed E-state index contributed by atoms with van der Waals surface area (Å²) in [5, 5.41) is 3.28. The first kappa shape index (κ1) is 12.4. The van der Waals surface area contributed by atoms with Crippen molar-refractivity contribution in [1.82, 2.24) is 15.1 Å². The summed E-state index contributed by atoms with van der Waals surface area (Å²) in [5.41, 5.74) is 1.12. The lowest BCUT2D eigenvalue weighted by Crippen LogP contribution is -2.50. The molecule has 0 aliphatic carbocycles. The Kier molecular flexibility index (Phi) is 4.05. The summed E-state index contributed by atoms with van der Waals surface area (Å²) in [6.45, 7) is 11.6. The Hall–Kier alpha value is -1.03. The molecule has 1 amide bonds. The van der Waals surface area contributed by atoms with E-state index in [2.05, 4.69) is 16.8 Å². The molecule has 0 atom stereocenters. The van der Waals surface area contributed by atoms with Crippen molar-refractivity contribution >= 4 is 5.91 Å². The van der Waals surface area contributed by atoms with Crippen molar-refractivity contribution in [3.8, 4) is 0 Å². The third-order valence-electron chi connectivity index (χ3n) is 3.81. The van der Waals surface area contributed by atoms with Crippen LogP contribution in [0.2, 0.25) is 0 Å². The van der Waals surface area contributed by atoms with Crippen molar-refractivity contribution in [3.05, 3.63) is 12.3 Å². The zero-order chi connectivity index (χ0) is 12.3. The molecule has 4 nitrogen and oxygen atoms in total. The molecule has 2 fully saturated rings. The van der Waals surface area contributed by atoms with Crippen LogP contribution in [0.3, 0.4) is 0 Å². The van der Waals surface area contributed by atoms with E-state index in [0.717, 1.165) is 57.8 Å². The highest BCUT2D eigenvalue weighted by Crippen LogP contribution is 2.21. The first-order valence-electron chi connectivity index (χ1n) is 6.58. The Balaban J connectivity index is 1.83. The van der Waals surface area contributed by atoms with Gasteiger partial charge in [-0.25, -0.2) is 0 Å². The topological polar surface area (TPSA) is 35.6 Å². The fourth-order valence-electron chi connectivity index (χ4n) is 2.65. The summed E-state index contributed by atoms with van der Waals surface area (Å²) in [6, 6.07) is 0. The number of carbonyl (C=O) groups is 1. The second-order valence-electron chi connectivity index (χ2n) is 5.07. The maximum absolute atomic E-state index is 12.3. The van der Waals surface area contributed by atoms with E-state index in [1.807, 2.05) is 11.8 Å². The third kappa shape index (κ3) is 3.00. The number of allylic oxidation sites excluding steroid dienone is 1. The molecular formula is C13H23N3O. The molecule has 2 rings (SSSR count). The summed E-state index contributed by atoms with van der Waals surface area (Å²) in [6.07, 6.45) is 1.96. The van der Waals surface area contributed by atoms with Gasteiger partial charge in [-0.15, -0.1) is 0 Å². The Bertz CT molecular complexity index is 289. The predicted molar refractivity (Wildman–Crippen MR) is 68.6 cm³/mol. The van der Waals surface area contributed by atoms with Crippen LogP contribution in [0.5, 0.6) is 0 Å². The molecule has 0 aromatic carbocycles. The zero-order valence-corrected chi connectivity index (χ0v) is 10.7. The standard InChI is InChI=1S/C13H23N3O/c1-11(2)15-7-3-12(4-8-15)13(17)16-9-5-14-6-10-16/h12,14H,1,3-10H2,2H3. The van der Waals surface area contributed by atoms with Gasteiger partial charge in [-0.2, -0.15) is 0 Å². The van der Waals surface area contributed by atoms with Gasteiger partial charge in [0.15, 0.2) is 0 Å². The van der Waals surface area contributed by atoms with Gasteiger partial charge in [0.25, 0.3) is 0 Å². The van der Waals surface area contributed by atoms with E-state index in [9.17, 15) is 4.79 Å². The summed E-state index contributed by atoms with van der Waals surface area (Å²) in [5.74, 6) is 0.608. The number of piperidine rings is 1. The molecule has 2 aliphatic heterocycles. The van der Waals surface area contributed by atoms with Crippen LogP contribution in [0, 0.1) is 5.92 Å². The molecule has 0 spiro atoms. The van der Waals surface area contributed by atoms with Crippen molar-refractivity contribution in [3.63, 3.8) is 0 Å². The number of amides is 1. The lowest BCUT2D eigenvalue weighted by molar-refractivity contribution is -0.137. The second-order valence-corrected chi connectivity index (χ2v) is 5.07. The number of hydrogen-bond acceptors (Lipinski definition) is 3. The van der Waals surface area contributed by atoms with Gasteiger partial charge in [0.1, 0.15) is 0 Å². The van der Waals surface area contributed by atoms with Crippen LogP contribution in [0.25, 0.3) is 0 Å². The smallest absolute Gasteiger partial charge is 0.225 e. The van der Waals surface area contributed by atoms with Gasteiger partial charge in [-0.3, -0.25) is 4.79 Å². The minimum Gasteiger partial charge on any atom is -0.375 e. The monoisotopic (exact) mass is 237 g/mol. The molecule has 96 valence electrons. The van der Waals surface area contributed by atoms with E-state index in [0.29, 0.717) is 5.91 Å². The Morgan fingerprint density at radius 3 is 2.24 bits per heavy atom. The van der Waals surface area contributed by atoms with E-state index < -0.39 is 0 Å². The number of nitrogens with one attached hydrogen (secondary N) is 1. The number of carbonyl (C=O) groups excluding carboxylic acids is 1. The third-order valence-corrected chi connectivity index (χ3v) is 3.81. The quantitative estimate of drug-likeness (QED) is 0.766. The molecule has 4 heteroatoms. The molecule has 0 bridgehead atoms. The maximum Gasteiger partial charge on any atom is 0.225 e. The molecule has 0 aromatic rings. The van der Waals surface area contributed by atoms with E-state index in [1.54, 1.807) is 0 Å². The van der Waals surface area contributed by atoms with Crippen LogP contribution in [-0.2, 0) is 4.79 Å². The van der Waals surface area contributed by atoms with Crippen molar-refractivity contribution in [2.45, 2.75) is 19.8 Å². The normalized spacial score (nSPS) is 22.6. The predicted octanol–water partition coefficient (Wildman–Crippen LogP) is 0.664. The van der Waals surface area contributed by atoms with Gasteiger partial charge in [-0.05, 0) is 19.8 Å². The number of piperazine rings is 1. The number of likely N-dealkylation sites (tertiary alicyclic amines) is 1. The minimum atomic E-state index is 0.240. The van der Waals surface area contributed by atoms with Crippen LogP contribution in [0.4, 0.5) is 0 Å². The Morgan fingerprint density at radius 1 is 1.12 bits per heavy atom. The van der Waals surface area contributed by atoms with Gasteiger partial charge in [0, 0.05) is 50.9 Å². The summed E-state index contributed by atoms with van der Waals surface area (Å²) < 4.78 is 0. The van der Waals surface area contributed by atoms with Gasteiger partial charge >= 0.3 is 0 Å².